The van der Waals surface area contributed by atoms with Gasteiger partial charge in [0.1, 0.15) is 15.7 Å². The van der Waals surface area contributed by atoms with Crippen LogP contribution in [0.5, 0.6) is 5.75 Å². The number of esters is 1. The first-order valence-electron chi connectivity index (χ1n) is 3.57. The van der Waals surface area contributed by atoms with E-state index in [0.717, 1.165) is 0 Å². The normalized spacial score (nSPS) is 12.2. The van der Waals surface area contributed by atoms with Gasteiger partial charge in [-0.3, -0.25) is 4.79 Å². The standard InChI is InChI=1S/C8H7BrClNO2/c1-5(9)8(12)13-6-2-3-7(10)11-4-6/h2-5H,1H3. The molecule has 13 heavy (non-hydrogen) atoms. The number of nitrogens with zero attached hydrogens (tertiary/aromatic N) is 1. The van der Waals surface area contributed by atoms with Crippen LogP contribution >= 0.6 is 27.5 Å². The fraction of sp³-hybridized carbons (Fsp3) is 0.250. The summed E-state index contributed by atoms with van der Waals surface area (Å²) in [5, 5.41) is 0.367. The molecule has 1 unspecified atom stereocenters. The molecule has 0 aliphatic heterocycles. The summed E-state index contributed by atoms with van der Waals surface area (Å²) in [6.45, 7) is 1.69. The highest BCUT2D eigenvalue weighted by Gasteiger charge is 2.10. The molecule has 0 aliphatic carbocycles. The minimum atomic E-state index is -0.357. The van der Waals surface area contributed by atoms with Gasteiger partial charge in [-0.25, -0.2) is 4.98 Å². The zero-order valence-electron chi connectivity index (χ0n) is 6.83. The molecule has 1 atom stereocenters. The molecule has 0 aliphatic rings. The number of carbonyl (C=O) groups excluding carboxylic acids is 1. The molecule has 0 spiro atoms. The first kappa shape index (κ1) is 10.5. The van der Waals surface area contributed by atoms with Gasteiger partial charge in [0.05, 0.1) is 6.20 Å². The number of hydrogen-bond acceptors (Lipinski definition) is 3. The third kappa shape index (κ3) is 3.32. The molecule has 0 saturated heterocycles. The second-order valence-electron chi connectivity index (χ2n) is 2.35. The number of halogens is 2. The lowest BCUT2D eigenvalue weighted by atomic mass is 10.4. The quantitative estimate of drug-likeness (QED) is 0.468. The Bertz CT molecular complexity index is 300. The molecule has 0 N–H and O–H groups in total. The molecule has 0 radical (unpaired) electrons. The van der Waals surface area contributed by atoms with Gasteiger partial charge in [-0.15, -0.1) is 0 Å². The van der Waals surface area contributed by atoms with Gasteiger partial charge in [-0.2, -0.15) is 0 Å². The summed E-state index contributed by atoms with van der Waals surface area (Å²) in [6.07, 6.45) is 1.40. The van der Waals surface area contributed by atoms with E-state index < -0.39 is 0 Å². The van der Waals surface area contributed by atoms with Crippen molar-refractivity contribution in [2.45, 2.75) is 11.8 Å². The third-order valence-corrected chi connectivity index (χ3v) is 1.84. The molecule has 0 amide bonds. The molecule has 0 saturated carbocycles. The minimum absolute atomic E-state index is 0.330. The van der Waals surface area contributed by atoms with Crippen molar-refractivity contribution in [2.75, 3.05) is 0 Å². The van der Waals surface area contributed by atoms with Crippen molar-refractivity contribution < 1.29 is 9.53 Å². The van der Waals surface area contributed by atoms with E-state index in [-0.39, 0.29) is 10.8 Å². The van der Waals surface area contributed by atoms with Crippen molar-refractivity contribution in [3.8, 4) is 5.75 Å². The maximum atomic E-state index is 11.1. The van der Waals surface area contributed by atoms with Gasteiger partial charge in [0.15, 0.2) is 0 Å². The van der Waals surface area contributed by atoms with Gasteiger partial charge in [0, 0.05) is 0 Å². The Morgan fingerprint density at radius 1 is 1.69 bits per heavy atom. The smallest absolute Gasteiger partial charge is 0.324 e. The molecule has 0 aromatic carbocycles. The Labute approximate surface area is 89.2 Å². The van der Waals surface area contributed by atoms with E-state index in [2.05, 4.69) is 20.9 Å². The predicted molar refractivity (Wildman–Crippen MR) is 53.3 cm³/mol. The third-order valence-electron chi connectivity index (χ3n) is 1.24. The van der Waals surface area contributed by atoms with Crippen LogP contribution in [0.25, 0.3) is 0 Å². The summed E-state index contributed by atoms with van der Waals surface area (Å²) in [4.78, 5) is 14.5. The highest BCUT2D eigenvalue weighted by Crippen LogP contribution is 2.13. The number of alkyl halides is 1. The first-order chi connectivity index (χ1) is 6.09. The largest absolute Gasteiger partial charge is 0.424 e. The van der Waals surface area contributed by atoms with Crippen LogP contribution in [0.1, 0.15) is 6.92 Å². The Morgan fingerprint density at radius 2 is 2.38 bits per heavy atom. The fourth-order valence-corrected chi connectivity index (χ4v) is 0.825. The summed E-state index contributed by atoms with van der Waals surface area (Å²) in [5.41, 5.74) is 0. The molecular formula is C8H7BrClNO2. The first-order valence-corrected chi connectivity index (χ1v) is 4.86. The number of ether oxygens (including phenoxy) is 1. The minimum Gasteiger partial charge on any atom is -0.424 e. The van der Waals surface area contributed by atoms with Crippen LogP contribution < -0.4 is 4.74 Å². The maximum Gasteiger partial charge on any atom is 0.324 e. The number of carbonyl (C=O) groups is 1. The van der Waals surface area contributed by atoms with Crippen molar-refractivity contribution in [1.29, 1.82) is 0 Å². The second-order valence-corrected chi connectivity index (χ2v) is 4.11. The lowest BCUT2D eigenvalue weighted by Crippen LogP contribution is -2.17. The highest BCUT2D eigenvalue weighted by atomic mass is 79.9. The summed E-state index contributed by atoms with van der Waals surface area (Å²) in [5.74, 6) is 0.0322. The van der Waals surface area contributed by atoms with Crippen LogP contribution in [0.3, 0.4) is 0 Å². The lowest BCUT2D eigenvalue weighted by molar-refractivity contribution is -0.133. The van der Waals surface area contributed by atoms with Crippen LogP contribution in [0.2, 0.25) is 5.15 Å². The molecule has 5 heteroatoms. The van der Waals surface area contributed by atoms with Gasteiger partial charge in [-0.05, 0) is 19.1 Å². The van der Waals surface area contributed by atoms with Crippen LogP contribution in [0.4, 0.5) is 0 Å². The average molecular weight is 265 g/mol. The molecule has 1 rings (SSSR count). The molecular weight excluding hydrogens is 257 g/mol. The summed E-state index contributed by atoms with van der Waals surface area (Å²) >= 11 is 8.64. The fourth-order valence-electron chi connectivity index (χ4n) is 0.620. The molecule has 1 aromatic rings. The molecule has 0 fully saturated rings. The van der Waals surface area contributed by atoms with Crippen LogP contribution in [0.15, 0.2) is 18.3 Å². The van der Waals surface area contributed by atoms with Crippen LogP contribution in [-0.4, -0.2) is 15.8 Å². The number of pyridine rings is 1. The van der Waals surface area contributed by atoms with E-state index >= 15 is 0 Å². The predicted octanol–water partition coefficient (Wildman–Crippen LogP) is 2.42. The Kier molecular flexibility index (Phi) is 3.69. The lowest BCUT2D eigenvalue weighted by Gasteiger charge is -2.04. The zero-order chi connectivity index (χ0) is 9.84. The van der Waals surface area contributed by atoms with E-state index in [1.54, 1.807) is 19.1 Å². The zero-order valence-corrected chi connectivity index (χ0v) is 9.17. The molecule has 1 heterocycles. The summed E-state index contributed by atoms with van der Waals surface area (Å²) < 4.78 is 4.92. The van der Waals surface area contributed by atoms with Gasteiger partial charge in [-0.1, -0.05) is 27.5 Å². The molecule has 70 valence electrons. The van der Waals surface area contributed by atoms with E-state index in [9.17, 15) is 4.79 Å². The Morgan fingerprint density at radius 3 is 2.85 bits per heavy atom. The highest BCUT2D eigenvalue weighted by molar-refractivity contribution is 9.10. The van der Waals surface area contributed by atoms with Crippen molar-refractivity contribution in [3.05, 3.63) is 23.5 Å². The topological polar surface area (TPSA) is 39.2 Å². The van der Waals surface area contributed by atoms with Crippen LogP contribution in [-0.2, 0) is 4.79 Å². The van der Waals surface area contributed by atoms with Crippen molar-refractivity contribution >= 4 is 33.5 Å². The van der Waals surface area contributed by atoms with E-state index in [1.807, 2.05) is 0 Å². The maximum absolute atomic E-state index is 11.1. The second kappa shape index (κ2) is 4.58. The summed E-state index contributed by atoms with van der Waals surface area (Å²) in [6, 6.07) is 3.14. The molecule has 0 bridgehead atoms. The van der Waals surface area contributed by atoms with Crippen molar-refractivity contribution in [1.82, 2.24) is 4.98 Å². The Balaban J connectivity index is 2.65. The molecule has 3 nitrogen and oxygen atoms in total. The monoisotopic (exact) mass is 263 g/mol. The summed E-state index contributed by atoms with van der Waals surface area (Å²) in [7, 11) is 0. The van der Waals surface area contributed by atoms with Crippen molar-refractivity contribution in [3.63, 3.8) is 0 Å². The van der Waals surface area contributed by atoms with E-state index in [4.69, 9.17) is 16.3 Å². The van der Waals surface area contributed by atoms with Gasteiger partial charge in [0.25, 0.3) is 0 Å². The molecule has 1 aromatic heterocycles. The van der Waals surface area contributed by atoms with Gasteiger partial charge >= 0.3 is 5.97 Å². The van der Waals surface area contributed by atoms with E-state index in [1.165, 1.54) is 6.20 Å². The Hall–Kier alpha value is -0.610. The average Bonchev–Trinajstić information content (AvgIpc) is 2.08. The number of rotatable bonds is 2. The van der Waals surface area contributed by atoms with Crippen molar-refractivity contribution in [2.24, 2.45) is 0 Å². The van der Waals surface area contributed by atoms with E-state index in [0.29, 0.717) is 10.9 Å². The number of hydrogen-bond donors (Lipinski definition) is 0. The van der Waals surface area contributed by atoms with Crippen LogP contribution in [0, 0.1) is 0 Å². The van der Waals surface area contributed by atoms with Gasteiger partial charge < -0.3 is 4.74 Å². The SMILES string of the molecule is CC(Br)C(=O)Oc1ccc(Cl)nc1. The number of aromatic nitrogens is 1. The van der Waals surface area contributed by atoms with Gasteiger partial charge in [0.2, 0.25) is 0 Å².